The van der Waals surface area contributed by atoms with Gasteiger partial charge in [-0.25, -0.2) is 0 Å². The number of hydrogen-bond acceptors (Lipinski definition) is 6. The number of esters is 1. The van der Waals surface area contributed by atoms with E-state index < -0.39 is 33.9 Å². The molecule has 0 aromatic rings. The van der Waals surface area contributed by atoms with Crippen molar-refractivity contribution >= 4 is 33.9 Å². The molecule has 0 heterocycles. The minimum atomic E-state index is -5.62. The fourth-order valence-electron chi connectivity index (χ4n) is 2.12. The van der Waals surface area contributed by atoms with Gasteiger partial charge in [0.1, 0.15) is 0 Å². The van der Waals surface area contributed by atoms with Gasteiger partial charge in [0.25, 0.3) is 0 Å². The highest BCUT2D eigenvalue weighted by atomic mass is 32.2. The molecule has 1 fully saturated rings. The molecule has 22 heavy (non-hydrogen) atoms. The predicted octanol–water partition coefficient (Wildman–Crippen LogP) is 1.21. The van der Waals surface area contributed by atoms with Gasteiger partial charge in [-0.2, -0.15) is 17.2 Å². The molecule has 7 nitrogen and oxygen atoms in total. The Hall–Kier alpha value is -0.940. The zero-order chi connectivity index (χ0) is 17.0. The number of carbonyl (C=O) groups is 2. The average Bonchev–Trinajstić information content (AvgIpc) is 2.44. The van der Waals surface area contributed by atoms with Crippen molar-refractivity contribution in [3.63, 3.8) is 0 Å². The van der Waals surface area contributed by atoms with Crippen LogP contribution in [0.4, 0.5) is 8.78 Å². The largest absolute Gasteiger partial charge is 0.458 e. The molecule has 11 heteroatoms. The first-order chi connectivity index (χ1) is 10.1. The average molecular weight is 361 g/mol. The second kappa shape index (κ2) is 7.55. The number of ether oxygens (including phenoxy) is 1. The van der Waals surface area contributed by atoms with E-state index in [0.717, 1.165) is 0 Å². The summed E-state index contributed by atoms with van der Waals surface area (Å²) in [7, 11) is -5.62. The van der Waals surface area contributed by atoms with Crippen LogP contribution in [0.2, 0.25) is 0 Å². The number of carbonyl (C=O) groups excluding carboxylic acids is 2. The topological polar surface area (TPSA) is 110 Å². The summed E-state index contributed by atoms with van der Waals surface area (Å²) in [5.74, 6) is -1.99. The second-order valence-corrected chi connectivity index (χ2v) is 7.10. The van der Waals surface area contributed by atoms with Crippen LogP contribution in [0.25, 0.3) is 0 Å². The van der Waals surface area contributed by atoms with E-state index in [1.807, 2.05) is 0 Å². The van der Waals surface area contributed by atoms with Gasteiger partial charge in [-0.05, 0) is 25.7 Å². The number of amides is 1. The van der Waals surface area contributed by atoms with Crippen molar-refractivity contribution in [3.8, 4) is 0 Å². The fraction of sp³-hybridized carbons (Fsp3) is 0.818. The number of halogens is 2. The molecular weight excluding hydrogens is 344 g/mol. The van der Waals surface area contributed by atoms with Crippen LogP contribution in [-0.4, -0.2) is 43.0 Å². The highest BCUT2D eigenvalue weighted by Crippen LogP contribution is 2.30. The van der Waals surface area contributed by atoms with E-state index in [-0.39, 0.29) is 11.8 Å². The molecule has 0 aliphatic heterocycles. The van der Waals surface area contributed by atoms with E-state index in [9.17, 15) is 26.8 Å². The van der Waals surface area contributed by atoms with Gasteiger partial charge in [-0.3, -0.25) is 14.1 Å². The first kappa shape index (κ1) is 19.1. The third-order valence-corrected chi connectivity index (χ3v) is 4.67. The number of rotatable bonds is 6. The third-order valence-electron chi connectivity index (χ3n) is 3.39. The summed E-state index contributed by atoms with van der Waals surface area (Å²) in [6, 6.07) is 0. The van der Waals surface area contributed by atoms with Crippen molar-refractivity contribution in [2.24, 2.45) is 11.8 Å². The number of nitrogens with one attached hydrogen (secondary N) is 1. The molecule has 0 atom stereocenters. The monoisotopic (exact) mass is 361 g/mol. The van der Waals surface area contributed by atoms with Crippen LogP contribution in [0.15, 0.2) is 0 Å². The summed E-state index contributed by atoms with van der Waals surface area (Å²) >= 11 is 1.17. The maximum absolute atomic E-state index is 12.9. The van der Waals surface area contributed by atoms with Gasteiger partial charge in [0.15, 0.2) is 6.61 Å². The van der Waals surface area contributed by atoms with Crippen LogP contribution in [0, 0.1) is 11.8 Å². The fourth-order valence-corrected chi connectivity index (χ4v) is 2.70. The quantitative estimate of drug-likeness (QED) is 0.416. The van der Waals surface area contributed by atoms with Crippen molar-refractivity contribution in [1.82, 2.24) is 4.72 Å². The van der Waals surface area contributed by atoms with Gasteiger partial charge in [-0.1, -0.05) is 11.9 Å². The van der Waals surface area contributed by atoms with Gasteiger partial charge in [0, 0.05) is 12.2 Å². The molecule has 1 aliphatic rings. The minimum absolute atomic E-state index is 0.141. The summed E-state index contributed by atoms with van der Waals surface area (Å²) in [5, 5.41) is -4.53. The van der Waals surface area contributed by atoms with E-state index >= 15 is 0 Å². The molecule has 1 amide bonds. The Balaban J connectivity index is 2.45. The van der Waals surface area contributed by atoms with Gasteiger partial charge >= 0.3 is 21.3 Å². The molecule has 0 spiro atoms. The Morgan fingerprint density at radius 1 is 1.27 bits per heavy atom. The molecule has 1 aliphatic carbocycles. The first-order valence-corrected chi connectivity index (χ1v) is 9.09. The number of hydrogen-bond donors (Lipinski definition) is 2. The minimum Gasteiger partial charge on any atom is -0.458 e. The molecule has 2 N–H and O–H groups in total. The van der Waals surface area contributed by atoms with E-state index in [0.29, 0.717) is 25.7 Å². The lowest BCUT2D eigenvalue weighted by atomic mass is 9.82. The molecule has 1 saturated carbocycles. The number of alkyl halides is 2. The van der Waals surface area contributed by atoms with E-state index in [1.54, 1.807) is 6.26 Å². The summed E-state index contributed by atoms with van der Waals surface area (Å²) in [5.41, 5.74) is 0. The lowest BCUT2D eigenvalue weighted by molar-refractivity contribution is -0.156. The van der Waals surface area contributed by atoms with Crippen molar-refractivity contribution in [3.05, 3.63) is 0 Å². The molecule has 0 aromatic heterocycles. The Kier molecular flexibility index (Phi) is 6.56. The van der Waals surface area contributed by atoms with Crippen LogP contribution in [0.3, 0.4) is 0 Å². The van der Waals surface area contributed by atoms with E-state index in [4.69, 9.17) is 4.55 Å². The Morgan fingerprint density at radius 2 is 1.77 bits per heavy atom. The van der Waals surface area contributed by atoms with Gasteiger partial charge in [0.2, 0.25) is 5.91 Å². The lowest BCUT2D eigenvalue weighted by Gasteiger charge is -2.26. The van der Waals surface area contributed by atoms with Crippen LogP contribution in [-0.2, 0) is 24.4 Å². The molecule has 0 radical (unpaired) electrons. The van der Waals surface area contributed by atoms with Gasteiger partial charge in [-0.15, -0.1) is 0 Å². The van der Waals surface area contributed by atoms with Crippen molar-refractivity contribution in [2.75, 3.05) is 12.9 Å². The first-order valence-electron chi connectivity index (χ1n) is 6.43. The summed E-state index contributed by atoms with van der Waals surface area (Å²) < 4.78 is 61.8. The van der Waals surface area contributed by atoms with Crippen molar-refractivity contribution in [1.29, 1.82) is 0 Å². The zero-order valence-electron chi connectivity index (χ0n) is 11.8. The molecule has 0 aromatic carbocycles. The normalized spacial score (nSPS) is 22.9. The standard InChI is InChI=1S/C11H17F2NO6S2/c1-21-14-9(15)7-2-4-8(5-3-7)10(16)20-6-11(12,13)22(17,18)19/h7-8H,2-6H2,1H3,(H,14,15)(H,17,18,19). The van der Waals surface area contributed by atoms with Gasteiger partial charge in [0.05, 0.1) is 5.92 Å². The summed E-state index contributed by atoms with van der Waals surface area (Å²) in [6.07, 6.45) is 3.13. The predicted molar refractivity (Wildman–Crippen MR) is 74.6 cm³/mol. The smallest absolute Gasteiger partial charge is 0.402 e. The maximum atomic E-state index is 12.9. The molecule has 0 unspecified atom stereocenters. The highest BCUT2D eigenvalue weighted by molar-refractivity contribution is 7.97. The molecular formula is C11H17F2NO6S2. The van der Waals surface area contributed by atoms with Crippen LogP contribution in [0.1, 0.15) is 25.7 Å². The van der Waals surface area contributed by atoms with Crippen LogP contribution >= 0.6 is 11.9 Å². The third kappa shape index (κ3) is 5.06. The Morgan fingerprint density at radius 3 is 2.23 bits per heavy atom. The SMILES string of the molecule is CSNC(=O)C1CCC(C(=O)OCC(F)(F)S(=O)(=O)O)CC1. The second-order valence-electron chi connectivity index (χ2n) is 4.94. The maximum Gasteiger partial charge on any atom is 0.402 e. The van der Waals surface area contributed by atoms with E-state index in [1.165, 1.54) is 11.9 Å². The molecule has 0 bridgehead atoms. The summed E-state index contributed by atoms with van der Waals surface area (Å²) in [4.78, 5) is 23.2. The Labute approximate surface area is 131 Å². The van der Waals surface area contributed by atoms with Gasteiger partial charge < -0.3 is 9.46 Å². The molecule has 1 rings (SSSR count). The van der Waals surface area contributed by atoms with Crippen LogP contribution in [0.5, 0.6) is 0 Å². The van der Waals surface area contributed by atoms with E-state index in [2.05, 4.69) is 9.46 Å². The molecule has 128 valence electrons. The van der Waals surface area contributed by atoms with Crippen LogP contribution < -0.4 is 4.72 Å². The lowest BCUT2D eigenvalue weighted by Crippen LogP contribution is -2.37. The Bertz CT molecular complexity index is 517. The zero-order valence-corrected chi connectivity index (χ0v) is 13.4. The summed E-state index contributed by atoms with van der Waals surface area (Å²) in [6.45, 7) is -1.72. The van der Waals surface area contributed by atoms with Crippen molar-refractivity contribution < 1.29 is 36.1 Å². The van der Waals surface area contributed by atoms with Crippen molar-refractivity contribution in [2.45, 2.75) is 30.9 Å². The molecule has 0 saturated heterocycles. The highest BCUT2D eigenvalue weighted by Gasteiger charge is 2.46.